The van der Waals surface area contributed by atoms with Crippen LogP contribution in [0.15, 0.2) is 29.3 Å². The molecule has 0 aliphatic carbocycles. The second kappa shape index (κ2) is 7.78. The zero-order chi connectivity index (χ0) is 15.1. The number of carbonyl (C=O) groups is 1. The Hall–Kier alpha value is -1.88. The Morgan fingerprint density at radius 1 is 1.38 bits per heavy atom. The van der Waals surface area contributed by atoms with E-state index in [0.29, 0.717) is 6.41 Å². The van der Waals surface area contributed by atoms with Crippen molar-refractivity contribution in [3.8, 4) is 0 Å². The number of unbranched alkanes of at least 4 members (excludes halogenated alkanes) is 2. The first kappa shape index (κ1) is 15.5. The number of amides is 1. The summed E-state index contributed by atoms with van der Waals surface area (Å²) in [6, 6.07) is 8.28. The van der Waals surface area contributed by atoms with E-state index in [1.165, 1.54) is 12.8 Å². The molecule has 1 aliphatic rings. The molecule has 1 amide bonds. The fourth-order valence-corrected chi connectivity index (χ4v) is 2.60. The van der Waals surface area contributed by atoms with Crippen LogP contribution in [0.25, 0.3) is 0 Å². The van der Waals surface area contributed by atoms with E-state index >= 15 is 0 Å². The molecule has 2 N–H and O–H groups in total. The van der Waals surface area contributed by atoms with Crippen molar-refractivity contribution in [2.75, 3.05) is 11.9 Å². The molecule has 5 heteroatoms. The lowest BCUT2D eigenvalue weighted by molar-refractivity contribution is -0.105. The predicted octanol–water partition coefficient (Wildman–Crippen LogP) is 2.72. The third kappa shape index (κ3) is 4.04. The largest absolute Gasteiger partial charge is 0.329 e. The van der Waals surface area contributed by atoms with Crippen LogP contribution in [0, 0.1) is 0 Å². The van der Waals surface area contributed by atoms with Gasteiger partial charge in [0.05, 0.1) is 12.1 Å². The summed E-state index contributed by atoms with van der Waals surface area (Å²) in [6.45, 7) is 5.26. The summed E-state index contributed by atoms with van der Waals surface area (Å²) < 4.78 is 0. The molecule has 5 nitrogen and oxygen atoms in total. The van der Waals surface area contributed by atoms with Gasteiger partial charge in [-0.2, -0.15) is 0 Å². The van der Waals surface area contributed by atoms with Gasteiger partial charge in [0.1, 0.15) is 6.34 Å². The highest BCUT2D eigenvalue weighted by Crippen LogP contribution is 2.29. The van der Waals surface area contributed by atoms with Crippen molar-refractivity contribution in [2.45, 2.75) is 45.2 Å². The first-order chi connectivity index (χ1) is 10.3. The number of nitrogens with one attached hydrogen (secondary N) is 2. The third-order valence-electron chi connectivity index (χ3n) is 3.71. The van der Waals surface area contributed by atoms with Gasteiger partial charge in [-0.15, -0.1) is 0 Å². The molecule has 21 heavy (non-hydrogen) atoms. The lowest BCUT2D eigenvalue weighted by atomic mass is 10.0. The highest BCUT2D eigenvalue weighted by atomic mass is 16.1. The molecule has 0 spiro atoms. The van der Waals surface area contributed by atoms with E-state index in [1.54, 1.807) is 0 Å². The number of hydrazine groups is 1. The Balaban J connectivity index is 2.04. The molecule has 2 atom stereocenters. The zero-order valence-corrected chi connectivity index (χ0v) is 12.7. The number of nitrogens with zero attached hydrogens (tertiary/aromatic N) is 2. The average Bonchev–Trinajstić information content (AvgIpc) is 2.85. The summed E-state index contributed by atoms with van der Waals surface area (Å²) in [6.07, 6.45) is 6.19. The quantitative estimate of drug-likeness (QED) is 0.571. The van der Waals surface area contributed by atoms with E-state index in [4.69, 9.17) is 0 Å². The minimum Gasteiger partial charge on any atom is -0.329 e. The summed E-state index contributed by atoms with van der Waals surface area (Å²) in [4.78, 5) is 15.1. The second-order valence-corrected chi connectivity index (χ2v) is 5.36. The molecule has 1 aromatic rings. The van der Waals surface area contributed by atoms with Crippen LogP contribution in [0.2, 0.25) is 0 Å². The Kier molecular flexibility index (Phi) is 5.75. The molecule has 1 aromatic carbocycles. The number of hydrogen-bond donors (Lipinski definition) is 2. The Morgan fingerprint density at radius 3 is 3.00 bits per heavy atom. The Morgan fingerprint density at radius 2 is 2.24 bits per heavy atom. The summed E-state index contributed by atoms with van der Waals surface area (Å²) in [7, 11) is 0. The summed E-state index contributed by atoms with van der Waals surface area (Å²) in [5.74, 6) is 0. The Bertz CT molecular complexity index is 489. The molecule has 0 radical (unpaired) electrons. The SMILES string of the molecule is CCCCCNN1C=NC(C)C1c1cccc(NC=O)c1. The Labute approximate surface area is 126 Å². The zero-order valence-electron chi connectivity index (χ0n) is 12.7. The third-order valence-corrected chi connectivity index (χ3v) is 3.71. The topological polar surface area (TPSA) is 56.7 Å². The number of rotatable bonds is 8. The predicted molar refractivity (Wildman–Crippen MR) is 86.2 cm³/mol. The van der Waals surface area contributed by atoms with Crippen molar-refractivity contribution in [1.29, 1.82) is 0 Å². The van der Waals surface area contributed by atoms with Crippen molar-refractivity contribution >= 4 is 18.4 Å². The second-order valence-electron chi connectivity index (χ2n) is 5.36. The van der Waals surface area contributed by atoms with Gasteiger partial charge in [0.2, 0.25) is 6.41 Å². The van der Waals surface area contributed by atoms with Crippen molar-refractivity contribution < 1.29 is 4.79 Å². The van der Waals surface area contributed by atoms with E-state index in [1.807, 2.05) is 24.5 Å². The summed E-state index contributed by atoms with van der Waals surface area (Å²) in [5, 5.41) is 4.78. The lowest BCUT2D eigenvalue weighted by Crippen LogP contribution is -2.40. The average molecular weight is 288 g/mol. The van der Waals surface area contributed by atoms with Crippen molar-refractivity contribution in [1.82, 2.24) is 10.4 Å². The molecule has 0 saturated heterocycles. The van der Waals surface area contributed by atoms with E-state index in [0.717, 1.165) is 24.2 Å². The van der Waals surface area contributed by atoms with E-state index in [9.17, 15) is 4.79 Å². The molecule has 1 aliphatic heterocycles. The summed E-state index contributed by atoms with van der Waals surface area (Å²) in [5.41, 5.74) is 5.40. The minimum absolute atomic E-state index is 0.167. The maximum atomic E-state index is 10.6. The van der Waals surface area contributed by atoms with Gasteiger partial charge in [-0.25, -0.2) is 5.43 Å². The van der Waals surface area contributed by atoms with Gasteiger partial charge in [0.15, 0.2) is 0 Å². The molecule has 0 saturated carbocycles. The highest BCUT2D eigenvalue weighted by molar-refractivity contribution is 5.71. The van der Waals surface area contributed by atoms with Crippen LogP contribution in [0.5, 0.6) is 0 Å². The molecular weight excluding hydrogens is 264 g/mol. The van der Waals surface area contributed by atoms with Crippen LogP contribution >= 0.6 is 0 Å². The van der Waals surface area contributed by atoms with Crippen LogP contribution < -0.4 is 10.7 Å². The number of carbonyl (C=O) groups excluding carboxylic acids is 1. The first-order valence-electron chi connectivity index (χ1n) is 7.61. The van der Waals surface area contributed by atoms with Gasteiger partial charge < -0.3 is 5.32 Å². The number of aliphatic imine (C=N–C) groups is 1. The molecule has 114 valence electrons. The van der Waals surface area contributed by atoms with Gasteiger partial charge in [-0.05, 0) is 31.0 Å². The normalized spacial score (nSPS) is 20.8. The van der Waals surface area contributed by atoms with Gasteiger partial charge in [0.25, 0.3) is 0 Å². The first-order valence-corrected chi connectivity index (χ1v) is 7.61. The smallest absolute Gasteiger partial charge is 0.211 e. The van der Waals surface area contributed by atoms with Gasteiger partial charge in [0, 0.05) is 12.2 Å². The molecule has 2 unspecified atom stereocenters. The number of hydrogen-bond acceptors (Lipinski definition) is 4. The highest BCUT2D eigenvalue weighted by Gasteiger charge is 2.28. The molecule has 0 bridgehead atoms. The molecular formula is C16H24N4O. The summed E-state index contributed by atoms with van der Waals surface area (Å²) >= 11 is 0. The van der Waals surface area contributed by atoms with Gasteiger partial charge in [-0.3, -0.25) is 14.8 Å². The molecule has 2 rings (SSSR count). The monoisotopic (exact) mass is 288 g/mol. The van der Waals surface area contributed by atoms with Crippen LogP contribution in [0.3, 0.4) is 0 Å². The van der Waals surface area contributed by atoms with Gasteiger partial charge >= 0.3 is 0 Å². The molecule has 1 heterocycles. The fourth-order valence-electron chi connectivity index (χ4n) is 2.60. The number of benzene rings is 1. The van der Waals surface area contributed by atoms with Crippen molar-refractivity contribution in [2.24, 2.45) is 4.99 Å². The van der Waals surface area contributed by atoms with Crippen LogP contribution in [0.4, 0.5) is 5.69 Å². The fraction of sp³-hybridized carbons (Fsp3) is 0.500. The molecule has 0 fully saturated rings. The van der Waals surface area contributed by atoms with E-state index < -0.39 is 0 Å². The van der Waals surface area contributed by atoms with Crippen molar-refractivity contribution in [3.05, 3.63) is 29.8 Å². The van der Waals surface area contributed by atoms with Crippen LogP contribution in [-0.4, -0.2) is 30.3 Å². The number of anilines is 1. The minimum atomic E-state index is 0.167. The van der Waals surface area contributed by atoms with Crippen LogP contribution in [-0.2, 0) is 4.79 Å². The maximum Gasteiger partial charge on any atom is 0.211 e. The van der Waals surface area contributed by atoms with Crippen molar-refractivity contribution in [3.63, 3.8) is 0 Å². The molecule has 0 aromatic heterocycles. The van der Waals surface area contributed by atoms with E-state index in [2.05, 4.69) is 40.7 Å². The maximum absolute atomic E-state index is 10.6. The van der Waals surface area contributed by atoms with Crippen LogP contribution in [0.1, 0.15) is 44.7 Å². The van der Waals surface area contributed by atoms with Gasteiger partial charge in [-0.1, -0.05) is 31.9 Å². The lowest BCUT2D eigenvalue weighted by Gasteiger charge is -2.28. The van der Waals surface area contributed by atoms with E-state index in [-0.39, 0.29) is 12.1 Å². The standard InChI is InChI=1S/C16H24N4O/c1-3-4-5-9-19-20-11-17-13(2)16(20)14-7-6-8-15(10-14)18-12-21/h6-8,10-13,16,19H,3-5,9H2,1-2H3,(H,18,21).